The van der Waals surface area contributed by atoms with Gasteiger partial charge in [-0.3, -0.25) is 9.48 Å². The second kappa shape index (κ2) is 8.43. The Balaban J connectivity index is 1.63. The van der Waals surface area contributed by atoms with Crippen LogP contribution in [-0.2, 0) is 13.6 Å². The molecule has 10 heteroatoms. The quantitative estimate of drug-likeness (QED) is 0.351. The Labute approximate surface area is 210 Å². The van der Waals surface area contributed by atoms with Crippen LogP contribution in [-0.4, -0.2) is 26.1 Å². The number of aromatic nitrogens is 4. The van der Waals surface area contributed by atoms with E-state index < -0.39 is 5.82 Å². The van der Waals surface area contributed by atoms with Gasteiger partial charge < -0.3 is 10.5 Å². The predicted molar refractivity (Wildman–Crippen MR) is 135 cm³/mol. The predicted octanol–water partition coefficient (Wildman–Crippen LogP) is 5.21. The molecule has 2 saturated carbocycles. The first-order valence-electron chi connectivity index (χ1n) is 11.7. The molecule has 2 fully saturated rings. The van der Waals surface area contributed by atoms with E-state index >= 15 is 4.39 Å². The molecule has 182 valence electrons. The second-order valence-corrected chi connectivity index (χ2v) is 9.73. The van der Waals surface area contributed by atoms with Crippen molar-refractivity contribution in [3.05, 3.63) is 68.3 Å². The minimum absolute atomic E-state index is 0.00717. The summed E-state index contributed by atoms with van der Waals surface area (Å²) in [6.45, 7) is 7.98. The van der Waals surface area contributed by atoms with Gasteiger partial charge in [0.2, 0.25) is 5.69 Å². The van der Waals surface area contributed by atoms with E-state index in [1.807, 2.05) is 12.1 Å². The maximum absolute atomic E-state index is 15.6. The van der Waals surface area contributed by atoms with Gasteiger partial charge in [-0.1, -0.05) is 11.6 Å². The summed E-state index contributed by atoms with van der Waals surface area (Å²) < 4.78 is 23.1. The van der Waals surface area contributed by atoms with E-state index in [0.29, 0.717) is 27.7 Å². The van der Waals surface area contributed by atoms with Crippen LogP contribution in [0.4, 0.5) is 10.1 Å². The van der Waals surface area contributed by atoms with Crippen molar-refractivity contribution in [3.8, 4) is 28.1 Å². The number of fused-ring (bicyclic) bond motifs is 1. The van der Waals surface area contributed by atoms with Gasteiger partial charge in [0.1, 0.15) is 11.6 Å². The Bertz CT molecular complexity index is 1650. The molecule has 2 aromatic heterocycles. The average Bonchev–Trinajstić information content (AvgIpc) is 3.80. The Morgan fingerprint density at radius 3 is 2.75 bits per heavy atom. The zero-order chi connectivity index (χ0) is 25.1. The van der Waals surface area contributed by atoms with Gasteiger partial charge in [0.25, 0.3) is 5.56 Å². The lowest BCUT2D eigenvalue weighted by molar-refractivity contribution is 0.305. The monoisotopic (exact) mass is 504 g/mol. The van der Waals surface area contributed by atoms with Gasteiger partial charge in [-0.15, -0.1) is 0 Å². The number of aryl methyl sites for hydroxylation is 1. The van der Waals surface area contributed by atoms with Gasteiger partial charge >= 0.3 is 0 Å². The molecule has 0 spiro atoms. The number of rotatable bonds is 6. The fraction of sp³-hybridized carbons (Fsp3) is 0.308. The zero-order valence-corrected chi connectivity index (χ0v) is 20.2. The number of nitrogens with one attached hydrogen (secondary N) is 1. The molecule has 0 bridgehead atoms. The van der Waals surface area contributed by atoms with E-state index in [1.165, 1.54) is 10.7 Å². The summed E-state index contributed by atoms with van der Waals surface area (Å²) in [5, 5.41) is 12.2. The average molecular weight is 505 g/mol. The molecule has 2 aliphatic rings. The fourth-order valence-electron chi connectivity index (χ4n) is 4.73. The maximum Gasteiger partial charge on any atom is 0.272 e. The Kier molecular flexibility index (Phi) is 5.32. The third kappa shape index (κ3) is 3.65. The van der Waals surface area contributed by atoms with Crippen molar-refractivity contribution in [2.75, 3.05) is 0 Å². The van der Waals surface area contributed by atoms with E-state index in [4.69, 9.17) is 28.6 Å². The normalized spacial score (nSPS) is 15.3. The highest BCUT2D eigenvalue weighted by Gasteiger charge is 2.31. The van der Waals surface area contributed by atoms with Crippen molar-refractivity contribution in [2.24, 2.45) is 12.8 Å². The van der Waals surface area contributed by atoms with Crippen LogP contribution in [0.3, 0.4) is 0 Å². The van der Waals surface area contributed by atoms with Gasteiger partial charge in [-0.2, -0.15) is 10.2 Å². The summed E-state index contributed by atoms with van der Waals surface area (Å²) in [5.74, 6) is -0.194. The van der Waals surface area contributed by atoms with Crippen LogP contribution < -0.4 is 16.0 Å². The largest absolute Gasteiger partial charge is 0.501 e. The zero-order valence-electron chi connectivity index (χ0n) is 19.4. The summed E-state index contributed by atoms with van der Waals surface area (Å²) in [5.41, 5.74) is 8.98. The third-order valence-electron chi connectivity index (χ3n) is 6.78. The first-order valence-corrected chi connectivity index (χ1v) is 12.1. The molecule has 3 N–H and O–H groups in total. The molecule has 2 aliphatic carbocycles. The third-order valence-corrected chi connectivity index (χ3v) is 7.06. The van der Waals surface area contributed by atoms with Crippen LogP contribution in [0.1, 0.15) is 42.9 Å². The molecule has 0 unspecified atom stereocenters. The number of nitrogens with two attached hydrogens (primary N) is 1. The molecule has 0 aliphatic heterocycles. The first kappa shape index (κ1) is 22.7. The van der Waals surface area contributed by atoms with E-state index in [9.17, 15) is 4.79 Å². The van der Waals surface area contributed by atoms with Crippen LogP contribution in [0.25, 0.3) is 38.0 Å². The summed E-state index contributed by atoms with van der Waals surface area (Å²) >= 11 is 6.28. The van der Waals surface area contributed by atoms with Crippen molar-refractivity contribution in [1.82, 2.24) is 20.0 Å². The molecular weight excluding hydrogens is 483 g/mol. The van der Waals surface area contributed by atoms with Crippen molar-refractivity contribution in [1.29, 1.82) is 0 Å². The molecule has 2 aromatic carbocycles. The minimum atomic E-state index is -0.709. The molecule has 2 heterocycles. The topological polar surface area (TPSA) is 103 Å². The van der Waals surface area contributed by atoms with Crippen molar-refractivity contribution < 1.29 is 9.13 Å². The van der Waals surface area contributed by atoms with Gasteiger partial charge in [0, 0.05) is 30.1 Å². The van der Waals surface area contributed by atoms with Crippen LogP contribution in [0, 0.1) is 12.4 Å². The summed E-state index contributed by atoms with van der Waals surface area (Å²) in [4.78, 5) is 16.4. The van der Waals surface area contributed by atoms with Gasteiger partial charge in [-0.05, 0) is 60.9 Å². The SMILES string of the molecule is [C-]#[N+]c1c(OC2CC2)cc(Cl)c(F)c1-c1c(-c2cc(C3CC3)c3c(=O)[nH]nc(CN)c3c2)cnn1C. The van der Waals surface area contributed by atoms with Gasteiger partial charge in [0.15, 0.2) is 0 Å². The highest BCUT2D eigenvalue weighted by atomic mass is 35.5. The Morgan fingerprint density at radius 2 is 2.08 bits per heavy atom. The van der Waals surface area contributed by atoms with E-state index in [-0.39, 0.29) is 46.1 Å². The summed E-state index contributed by atoms with van der Waals surface area (Å²) in [7, 11) is 1.69. The number of aromatic amines is 1. The maximum atomic E-state index is 15.6. The number of hydrogen-bond donors (Lipinski definition) is 2. The van der Waals surface area contributed by atoms with E-state index in [1.54, 1.807) is 13.2 Å². The number of halogens is 2. The highest BCUT2D eigenvalue weighted by molar-refractivity contribution is 6.31. The number of nitrogens with zero attached hydrogens (tertiary/aromatic N) is 4. The second-order valence-electron chi connectivity index (χ2n) is 9.32. The van der Waals surface area contributed by atoms with E-state index in [2.05, 4.69) is 20.1 Å². The molecule has 0 amide bonds. The van der Waals surface area contributed by atoms with Crippen LogP contribution in [0.15, 0.2) is 29.2 Å². The molecule has 8 nitrogen and oxygen atoms in total. The number of H-pyrrole nitrogens is 1. The molecule has 0 saturated heterocycles. The number of ether oxygens (including phenoxy) is 1. The molecule has 0 atom stereocenters. The first-order chi connectivity index (χ1) is 17.4. The fourth-order valence-corrected chi connectivity index (χ4v) is 4.92. The lowest BCUT2D eigenvalue weighted by atomic mass is 9.93. The van der Waals surface area contributed by atoms with Crippen molar-refractivity contribution in [3.63, 3.8) is 0 Å². The van der Waals surface area contributed by atoms with Crippen molar-refractivity contribution in [2.45, 2.75) is 44.2 Å². The van der Waals surface area contributed by atoms with E-state index in [0.717, 1.165) is 36.8 Å². The van der Waals surface area contributed by atoms with Crippen molar-refractivity contribution >= 4 is 28.1 Å². The van der Waals surface area contributed by atoms with Crippen LogP contribution in [0.2, 0.25) is 5.02 Å². The number of hydrogen-bond acceptors (Lipinski definition) is 5. The number of benzene rings is 2. The van der Waals surface area contributed by atoms with Gasteiger partial charge in [-0.25, -0.2) is 14.3 Å². The molecule has 36 heavy (non-hydrogen) atoms. The molecule has 0 radical (unpaired) electrons. The standard InChI is InChI=1S/C26H22ClFN6O2/c1-30-24-20(36-14-5-6-14)9-18(27)23(28)22(24)25-17(11-31-34(25)2)13-7-15(12-3-4-12)21-16(8-13)19(10-29)32-33-26(21)35/h7-9,11-12,14H,3-6,10,29H2,2H3,(H,33,35). The molecular formula is C26H22ClFN6O2. The smallest absolute Gasteiger partial charge is 0.272 e. The molecule has 4 aromatic rings. The van der Waals surface area contributed by atoms with Crippen LogP contribution >= 0.6 is 11.6 Å². The Hall–Kier alpha value is -3.74. The lowest BCUT2D eigenvalue weighted by Gasteiger charge is -2.16. The lowest BCUT2D eigenvalue weighted by Crippen LogP contribution is -2.15. The highest BCUT2D eigenvalue weighted by Crippen LogP contribution is 2.49. The summed E-state index contributed by atoms with van der Waals surface area (Å²) in [6, 6.07) is 5.17. The molecule has 6 rings (SSSR count). The van der Waals surface area contributed by atoms with Gasteiger partial charge in [0.05, 0.1) is 40.7 Å². The van der Waals surface area contributed by atoms with Crippen LogP contribution in [0.5, 0.6) is 5.75 Å². The minimum Gasteiger partial charge on any atom is -0.501 e. The Morgan fingerprint density at radius 1 is 1.31 bits per heavy atom. The summed E-state index contributed by atoms with van der Waals surface area (Å²) in [6.07, 6.45) is 5.36.